The monoisotopic (exact) mass is 385 g/mol. The second-order valence-electron chi connectivity index (χ2n) is 8.74. The van der Waals surface area contributed by atoms with E-state index < -0.39 is 0 Å². The first-order valence-corrected chi connectivity index (χ1v) is 11.2. The fourth-order valence-electron chi connectivity index (χ4n) is 4.85. The first kappa shape index (κ1) is 21.0. The lowest BCUT2D eigenvalue weighted by atomic mass is 9.86. The molecular weight excluding hydrogens is 350 g/mol. The summed E-state index contributed by atoms with van der Waals surface area (Å²) in [7, 11) is 0. The van der Waals surface area contributed by atoms with Crippen LogP contribution in [0.5, 0.6) is 0 Å². The second kappa shape index (κ2) is 10.2. The number of carbonyl (C=O) groups is 2. The van der Waals surface area contributed by atoms with Crippen molar-refractivity contribution in [1.29, 1.82) is 0 Å². The molecule has 1 heterocycles. The van der Waals surface area contributed by atoms with Gasteiger partial charge in [0.1, 0.15) is 0 Å². The van der Waals surface area contributed by atoms with E-state index in [1.165, 1.54) is 69.1 Å². The standard InChI is InChI=1S/C16H19NO2.C8H16O/c18-15-13-8-4-5-9-14(13)16(19)17(15)11-10-12-6-2-1-3-7-12;1-7(9)8-5-3-2-4-6-8/h4-5,8-9,12H,1-3,6-7,10-11H2;7-9H,2-6H2,1H3. The summed E-state index contributed by atoms with van der Waals surface area (Å²) in [5.41, 5.74) is 1.13. The van der Waals surface area contributed by atoms with E-state index in [1.807, 2.05) is 19.1 Å². The van der Waals surface area contributed by atoms with E-state index >= 15 is 0 Å². The van der Waals surface area contributed by atoms with Gasteiger partial charge in [-0.2, -0.15) is 0 Å². The van der Waals surface area contributed by atoms with Gasteiger partial charge in [-0.05, 0) is 50.2 Å². The summed E-state index contributed by atoms with van der Waals surface area (Å²) < 4.78 is 0. The van der Waals surface area contributed by atoms with E-state index in [9.17, 15) is 14.7 Å². The Morgan fingerprint density at radius 3 is 1.86 bits per heavy atom. The van der Waals surface area contributed by atoms with Crippen LogP contribution in [-0.4, -0.2) is 34.5 Å². The maximum absolute atomic E-state index is 12.2. The number of aliphatic hydroxyl groups is 1. The Labute approximate surface area is 169 Å². The van der Waals surface area contributed by atoms with E-state index in [0.29, 0.717) is 29.5 Å². The molecule has 1 unspecified atom stereocenters. The molecule has 4 nitrogen and oxygen atoms in total. The number of nitrogens with zero attached hydrogens (tertiary/aromatic N) is 1. The van der Waals surface area contributed by atoms with Crippen LogP contribution in [0.2, 0.25) is 0 Å². The highest BCUT2D eigenvalue weighted by molar-refractivity contribution is 6.21. The van der Waals surface area contributed by atoms with Crippen LogP contribution in [0.1, 0.15) is 98.3 Å². The van der Waals surface area contributed by atoms with Crippen molar-refractivity contribution in [2.24, 2.45) is 11.8 Å². The van der Waals surface area contributed by atoms with Crippen LogP contribution in [0.3, 0.4) is 0 Å². The van der Waals surface area contributed by atoms with Gasteiger partial charge in [0.15, 0.2) is 0 Å². The number of hydrogen-bond donors (Lipinski definition) is 1. The molecule has 1 aromatic carbocycles. The van der Waals surface area contributed by atoms with E-state index in [1.54, 1.807) is 12.1 Å². The SMILES string of the molecule is CC(O)C1CCCCC1.O=C1c2ccccc2C(=O)N1CCC1CCCCC1. The highest BCUT2D eigenvalue weighted by Gasteiger charge is 2.35. The zero-order chi connectivity index (χ0) is 19.9. The zero-order valence-electron chi connectivity index (χ0n) is 17.2. The molecule has 154 valence electrons. The third-order valence-corrected chi connectivity index (χ3v) is 6.70. The third-order valence-electron chi connectivity index (χ3n) is 6.70. The Balaban J connectivity index is 0.000000211. The van der Waals surface area contributed by atoms with Crippen molar-refractivity contribution in [3.05, 3.63) is 35.4 Å². The lowest BCUT2D eigenvalue weighted by molar-refractivity contribution is 0.0642. The molecule has 1 N–H and O–H groups in total. The van der Waals surface area contributed by atoms with Gasteiger partial charge in [-0.1, -0.05) is 63.5 Å². The van der Waals surface area contributed by atoms with Crippen molar-refractivity contribution in [2.45, 2.75) is 83.7 Å². The van der Waals surface area contributed by atoms with E-state index in [2.05, 4.69) is 0 Å². The van der Waals surface area contributed by atoms with E-state index in [4.69, 9.17) is 0 Å². The van der Waals surface area contributed by atoms with Gasteiger partial charge in [-0.3, -0.25) is 14.5 Å². The summed E-state index contributed by atoms with van der Waals surface area (Å²) in [5.74, 6) is 1.07. The number of fused-ring (bicyclic) bond motifs is 1. The molecule has 0 spiro atoms. The van der Waals surface area contributed by atoms with Gasteiger partial charge in [-0.15, -0.1) is 0 Å². The van der Waals surface area contributed by atoms with Gasteiger partial charge in [-0.25, -0.2) is 0 Å². The lowest BCUT2D eigenvalue weighted by Gasteiger charge is -2.23. The van der Waals surface area contributed by atoms with Crippen LogP contribution >= 0.6 is 0 Å². The average Bonchev–Trinajstić information content (AvgIpc) is 2.99. The molecule has 1 atom stereocenters. The molecule has 4 heteroatoms. The van der Waals surface area contributed by atoms with Crippen molar-refractivity contribution in [2.75, 3.05) is 6.54 Å². The highest BCUT2D eigenvalue weighted by atomic mass is 16.3. The van der Waals surface area contributed by atoms with Gasteiger partial charge in [0.05, 0.1) is 17.2 Å². The zero-order valence-corrected chi connectivity index (χ0v) is 17.2. The Kier molecular flexibility index (Phi) is 7.66. The van der Waals surface area contributed by atoms with Gasteiger partial charge < -0.3 is 5.11 Å². The van der Waals surface area contributed by atoms with Crippen LogP contribution in [0.4, 0.5) is 0 Å². The van der Waals surface area contributed by atoms with Crippen molar-refractivity contribution in [3.8, 4) is 0 Å². The summed E-state index contributed by atoms with van der Waals surface area (Å²) in [5, 5.41) is 9.18. The normalized spacial score (nSPS) is 21.9. The van der Waals surface area contributed by atoms with Crippen LogP contribution in [0, 0.1) is 11.8 Å². The number of hydrogen-bond acceptors (Lipinski definition) is 3. The highest BCUT2D eigenvalue weighted by Crippen LogP contribution is 2.29. The van der Waals surface area contributed by atoms with Crippen molar-refractivity contribution < 1.29 is 14.7 Å². The maximum atomic E-state index is 12.2. The molecule has 0 saturated heterocycles. The van der Waals surface area contributed by atoms with Gasteiger partial charge in [0.2, 0.25) is 0 Å². The molecule has 3 aliphatic rings. The second-order valence-corrected chi connectivity index (χ2v) is 8.74. The number of rotatable bonds is 4. The molecule has 1 aromatic rings. The minimum Gasteiger partial charge on any atom is -0.393 e. The predicted octanol–water partition coefficient (Wildman–Crippen LogP) is 5.20. The Bertz CT molecular complexity index is 623. The number of imide groups is 1. The van der Waals surface area contributed by atoms with Gasteiger partial charge >= 0.3 is 0 Å². The first-order chi connectivity index (χ1) is 13.6. The average molecular weight is 386 g/mol. The van der Waals surface area contributed by atoms with Crippen LogP contribution in [-0.2, 0) is 0 Å². The molecular formula is C24H35NO3. The van der Waals surface area contributed by atoms with E-state index in [-0.39, 0.29) is 17.9 Å². The molecule has 0 radical (unpaired) electrons. The van der Waals surface area contributed by atoms with Crippen LogP contribution in [0.25, 0.3) is 0 Å². The van der Waals surface area contributed by atoms with Crippen molar-refractivity contribution >= 4 is 11.8 Å². The molecule has 2 amide bonds. The number of benzene rings is 1. The Morgan fingerprint density at radius 1 is 0.893 bits per heavy atom. The molecule has 28 heavy (non-hydrogen) atoms. The summed E-state index contributed by atoms with van der Waals surface area (Å²) in [6.45, 7) is 2.49. The molecule has 0 bridgehead atoms. The fraction of sp³-hybridized carbons (Fsp3) is 0.667. The van der Waals surface area contributed by atoms with Crippen LogP contribution < -0.4 is 0 Å². The molecule has 2 fully saturated rings. The molecule has 2 aliphatic carbocycles. The smallest absolute Gasteiger partial charge is 0.261 e. The molecule has 0 aromatic heterocycles. The van der Waals surface area contributed by atoms with Crippen molar-refractivity contribution in [1.82, 2.24) is 4.90 Å². The van der Waals surface area contributed by atoms with Gasteiger partial charge in [0, 0.05) is 6.54 Å². The van der Waals surface area contributed by atoms with Crippen LogP contribution in [0.15, 0.2) is 24.3 Å². The quantitative estimate of drug-likeness (QED) is 0.725. The predicted molar refractivity (Wildman–Crippen MR) is 111 cm³/mol. The summed E-state index contributed by atoms with van der Waals surface area (Å²) in [6.07, 6.45) is 13.9. The number of amides is 2. The number of aliphatic hydroxyl groups excluding tert-OH is 1. The number of carbonyl (C=O) groups excluding carboxylic acids is 2. The molecule has 1 aliphatic heterocycles. The minimum absolute atomic E-state index is 0.0645. The summed E-state index contributed by atoms with van der Waals surface area (Å²) in [4.78, 5) is 25.8. The lowest BCUT2D eigenvalue weighted by Crippen LogP contribution is -2.32. The fourth-order valence-corrected chi connectivity index (χ4v) is 4.85. The Morgan fingerprint density at radius 2 is 1.39 bits per heavy atom. The molecule has 4 rings (SSSR count). The topological polar surface area (TPSA) is 57.6 Å². The summed E-state index contributed by atoms with van der Waals surface area (Å²) >= 11 is 0. The summed E-state index contributed by atoms with van der Waals surface area (Å²) in [6, 6.07) is 7.12. The van der Waals surface area contributed by atoms with Crippen molar-refractivity contribution in [3.63, 3.8) is 0 Å². The largest absolute Gasteiger partial charge is 0.393 e. The maximum Gasteiger partial charge on any atom is 0.261 e. The first-order valence-electron chi connectivity index (χ1n) is 11.2. The molecule has 2 saturated carbocycles. The third kappa shape index (κ3) is 5.22. The minimum atomic E-state index is -0.114. The van der Waals surface area contributed by atoms with E-state index in [0.717, 1.165) is 6.42 Å². The Hall–Kier alpha value is -1.68. The van der Waals surface area contributed by atoms with Gasteiger partial charge in [0.25, 0.3) is 11.8 Å².